The minimum Gasteiger partial charge on any atom is -0.371 e. The summed E-state index contributed by atoms with van der Waals surface area (Å²) >= 11 is 0. The standard InChI is InChI=1S/C19H32N2/c1-5-20-18-16(11-10-14-19(18,3)4)15-21(6-2)17-12-8-7-9-13-17/h7-9,12-13,16,18,20H,5-6,10-11,14-15H2,1-4H3. The topological polar surface area (TPSA) is 15.3 Å². The maximum absolute atomic E-state index is 3.78. The second kappa shape index (κ2) is 7.31. The fourth-order valence-electron chi connectivity index (χ4n) is 3.98. The third kappa shape index (κ3) is 4.00. The number of benzene rings is 1. The minimum absolute atomic E-state index is 0.412. The van der Waals surface area contributed by atoms with Crippen molar-refractivity contribution in [1.29, 1.82) is 0 Å². The highest BCUT2D eigenvalue weighted by Gasteiger charge is 2.38. The zero-order chi connectivity index (χ0) is 15.3. The highest BCUT2D eigenvalue weighted by molar-refractivity contribution is 5.45. The van der Waals surface area contributed by atoms with E-state index in [2.05, 4.69) is 68.2 Å². The summed E-state index contributed by atoms with van der Waals surface area (Å²) in [6.07, 6.45) is 4.06. The average Bonchev–Trinajstić information content (AvgIpc) is 2.48. The van der Waals surface area contributed by atoms with Crippen molar-refractivity contribution in [3.63, 3.8) is 0 Å². The van der Waals surface area contributed by atoms with Gasteiger partial charge in [-0.05, 0) is 49.8 Å². The molecule has 1 aromatic carbocycles. The molecule has 1 fully saturated rings. The lowest BCUT2D eigenvalue weighted by Crippen LogP contribution is -2.52. The first kappa shape index (κ1) is 16.4. The Balaban J connectivity index is 2.11. The van der Waals surface area contributed by atoms with E-state index < -0.39 is 0 Å². The van der Waals surface area contributed by atoms with Gasteiger partial charge in [0.15, 0.2) is 0 Å². The van der Waals surface area contributed by atoms with Crippen LogP contribution in [0.3, 0.4) is 0 Å². The molecule has 1 aromatic rings. The van der Waals surface area contributed by atoms with Crippen LogP contribution >= 0.6 is 0 Å². The summed E-state index contributed by atoms with van der Waals surface area (Å²) in [5.41, 5.74) is 1.77. The molecule has 1 saturated carbocycles. The molecule has 0 spiro atoms. The van der Waals surface area contributed by atoms with Gasteiger partial charge < -0.3 is 10.2 Å². The molecule has 2 unspecified atom stereocenters. The van der Waals surface area contributed by atoms with E-state index >= 15 is 0 Å². The molecular formula is C19H32N2. The summed E-state index contributed by atoms with van der Waals surface area (Å²) in [7, 11) is 0. The Hall–Kier alpha value is -1.02. The number of rotatable bonds is 6. The van der Waals surface area contributed by atoms with Crippen molar-refractivity contribution in [1.82, 2.24) is 5.32 Å². The minimum atomic E-state index is 0.412. The molecule has 1 aliphatic rings. The molecule has 2 heteroatoms. The van der Waals surface area contributed by atoms with Gasteiger partial charge in [-0.2, -0.15) is 0 Å². The molecule has 2 rings (SSSR count). The number of hydrogen-bond acceptors (Lipinski definition) is 2. The summed E-state index contributed by atoms with van der Waals surface area (Å²) in [4.78, 5) is 2.54. The van der Waals surface area contributed by atoms with Crippen LogP contribution in [-0.4, -0.2) is 25.7 Å². The lowest BCUT2D eigenvalue weighted by molar-refractivity contribution is 0.112. The summed E-state index contributed by atoms with van der Waals surface area (Å²) in [6.45, 7) is 12.7. The highest BCUT2D eigenvalue weighted by Crippen LogP contribution is 2.39. The molecule has 0 aromatic heterocycles. The number of nitrogens with one attached hydrogen (secondary N) is 1. The molecule has 0 radical (unpaired) electrons. The Bertz CT molecular complexity index is 413. The van der Waals surface area contributed by atoms with Crippen molar-refractivity contribution < 1.29 is 0 Å². The van der Waals surface area contributed by atoms with Crippen molar-refractivity contribution in [2.45, 2.75) is 53.0 Å². The first-order valence-corrected chi connectivity index (χ1v) is 8.62. The Morgan fingerprint density at radius 1 is 1.19 bits per heavy atom. The fourth-order valence-corrected chi connectivity index (χ4v) is 3.98. The van der Waals surface area contributed by atoms with E-state index in [1.165, 1.54) is 31.5 Å². The molecule has 0 heterocycles. The third-order valence-corrected chi connectivity index (χ3v) is 5.09. The van der Waals surface area contributed by atoms with E-state index in [4.69, 9.17) is 0 Å². The van der Waals surface area contributed by atoms with Gasteiger partial charge in [0.1, 0.15) is 0 Å². The molecule has 2 nitrogen and oxygen atoms in total. The Morgan fingerprint density at radius 2 is 1.90 bits per heavy atom. The van der Waals surface area contributed by atoms with Crippen LogP contribution in [-0.2, 0) is 0 Å². The molecule has 0 bridgehead atoms. The fraction of sp³-hybridized carbons (Fsp3) is 0.684. The van der Waals surface area contributed by atoms with Gasteiger partial charge in [0.2, 0.25) is 0 Å². The number of nitrogens with zero attached hydrogens (tertiary/aromatic N) is 1. The van der Waals surface area contributed by atoms with Crippen LogP contribution in [0.2, 0.25) is 0 Å². The summed E-state index contributed by atoms with van der Waals surface area (Å²) in [5.74, 6) is 0.744. The maximum Gasteiger partial charge on any atom is 0.0366 e. The summed E-state index contributed by atoms with van der Waals surface area (Å²) < 4.78 is 0. The van der Waals surface area contributed by atoms with Gasteiger partial charge in [0.25, 0.3) is 0 Å². The SMILES string of the molecule is CCNC1C(CN(CC)c2ccccc2)CCCC1(C)C. The van der Waals surface area contributed by atoms with Gasteiger partial charge in [-0.25, -0.2) is 0 Å². The molecule has 1 N–H and O–H groups in total. The summed E-state index contributed by atoms with van der Waals surface area (Å²) in [6, 6.07) is 11.5. The third-order valence-electron chi connectivity index (χ3n) is 5.09. The smallest absolute Gasteiger partial charge is 0.0366 e. The van der Waals surface area contributed by atoms with Crippen LogP contribution in [0.1, 0.15) is 47.0 Å². The van der Waals surface area contributed by atoms with Crippen molar-refractivity contribution in [2.24, 2.45) is 11.3 Å². The van der Waals surface area contributed by atoms with Crippen molar-refractivity contribution in [3.05, 3.63) is 30.3 Å². The van der Waals surface area contributed by atoms with Crippen LogP contribution in [0, 0.1) is 11.3 Å². The predicted octanol–water partition coefficient (Wildman–Crippen LogP) is 4.32. The Kier molecular flexibility index (Phi) is 5.69. The van der Waals surface area contributed by atoms with E-state index in [0.717, 1.165) is 19.0 Å². The zero-order valence-corrected chi connectivity index (χ0v) is 14.2. The van der Waals surface area contributed by atoms with E-state index in [9.17, 15) is 0 Å². The second-order valence-corrected chi connectivity index (χ2v) is 7.05. The maximum atomic E-state index is 3.78. The second-order valence-electron chi connectivity index (χ2n) is 7.05. The molecule has 0 saturated heterocycles. The van der Waals surface area contributed by atoms with Gasteiger partial charge in [-0.3, -0.25) is 0 Å². The van der Waals surface area contributed by atoms with Gasteiger partial charge >= 0.3 is 0 Å². The normalized spacial score (nSPS) is 24.8. The van der Waals surface area contributed by atoms with E-state index in [1.54, 1.807) is 0 Å². The van der Waals surface area contributed by atoms with Crippen LogP contribution in [0.5, 0.6) is 0 Å². The molecule has 2 atom stereocenters. The molecule has 118 valence electrons. The lowest BCUT2D eigenvalue weighted by Gasteiger charge is -2.46. The zero-order valence-electron chi connectivity index (χ0n) is 14.2. The van der Waals surface area contributed by atoms with E-state index in [0.29, 0.717) is 11.5 Å². The van der Waals surface area contributed by atoms with Crippen LogP contribution in [0.25, 0.3) is 0 Å². The van der Waals surface area contributed by atoms with Gasteiger partial charge in [0.05, 0.1) is 0 Å². The van der Waals surface area contributed by atoms with Gasteiger partial charge in [-0.15, -0.1) is 0 Å². The van der Waals surface area contributed by atoms with E-state index in [1.807, 2.05) is 0 Å². The lowest BCUT2D eigenvalue weighted by atomic mass is 9.67. The van der Waals surface area contributed by atoms with Gasteiger partial charge in [-0.1, -0.05) is 45.4 Å². The van der Waals surface area contributed by atoms with Crippen LogP contribution in [0.15, 0.2) is 30.3 Å². The Labute approximate surface area is 130 Å². The first-order valence-electron chi connectivity index (χ1n) is 8.62. The largest absolute Gasteiger partial charge is 0.371 e. The Morgan fingerprint density at radius 3 is 2.52 bits per heavy atom. The van der Waals surface area contributed by atoms with Crippen LogP contribution < -0.4 is 10.2 Å². The molecular weight excluding hydrogens is 256 g/mol. The van der Waals surface area contributed by atoms with Crippen LogP contribution in [0.4, 0.5) is 5.69 Å². The average molecular weight is 288 g/mol. The first-order chi connectivity index (χ1) is 10.1. The summed E-state index contributed by atoms with van der Waals surface area (Å²) in [5, 5.41) is 3.78. The highest BCUT2D eigenvalue weighted by atomic mass is 15.1. The van der Waals surface area contributed by atoms with Crippen molar-refractivity contribution >= 4 is 5.69 Å². The number of para-hydroxylation sites is 1. The predicted molar refractivity (Wildman–Crippen MR) is 92.9 cm³/mol. The van der Waals surface area contributed by atoms with Crippen molar-refractivity contribution in [3.8, 4) is 0 Å². The molecule has 21 heavy (non-hydrogen) atoms. The van der Waals surface area contributed by atoms with Crippen molar-refractivity contribution in [2.75, 3.05) is 24.5 Å². The van der Waals surface area contributed by atoms with E-state index in [-0.39, 0.29) is 0 Å². The number of anilines is 1. The molecule has 0 amide bonds. The molecule has 1 aliphatic carbocycles. The monoisotopic (exact) mass is 288 g/mol. The quantitative estimate of drug-likeness (QED) is 0.839. The molecule has 0 aliphatic heterocycles. The van der Waals surface area contributed by atoms with Gasteiger partial charge in [0, 0.05) is 24.8 Å². The number of hydrogen-bond donors (Lipinski definition) is 1.